The van der Waals surface area contributed by atoms with Crippen molar-refractivity contribution < 1.29 is 13.9 Å². The van der Waals surface area contributed by atoms with Crippen LogP contribution in [0.5, 0.6) is 17.2 Å². The summed E-state index contributed by atoms with van der Waals surface area (Å²) in [5.41, 5.74) is 5.20. The number of rotatable bonds is 6. The maximum atomic E-state index is 13.1. The molecular formula is C16H16FNO2. The molecule has 2 aromatic carbocycles. The van der Waals surface area contributed by atoms with Gasteiger partial charge in [-0.2, -0.15) is 0 Å². The van der Waals surface area contributed by atoms with Gasteiger partial charge in [-0.15, -0.1) is 0 Å². The second kappa shape index (κ2) is 7.31. The van der Waals surface area contributed by atoms with Gasteiger partial charge >= 0.3 is 0 Å². The van der Waals surface area contributed by atoms with E-state index in [1.807, 2.05) is 30.3 Å². The molecular weight excluding hydrogens is 257 g/mol. The van der Waals surface area contributed by atoms with Gasteiger partial charge in [0.15, 0.2) is 0 Å². The van der Waals surface area contributed by atoms with Crippen molar-refractivity contribution in [3.8, 4) is 17.2 Å². The number of hydrogen-bond donors (Lipinski definition) is 1. The summed E-state index contributed by atoms with van der Waals surface area (Å²) in [7, 11) is 0. The zero-order chi connectivity index (χ0) is 14.2. The Morgan fingerprint density at radius 3 is 2.20 bits per heavy atom. The summed E-state index contributed by atoms with van der Waals surface area (Å²) < 4.78 is 24.0. The summed E-state index contributed by atoms with van der Waals surface area (Å²) in [6, 6.07) is 16.5. The minimum absolute atomic E-state index is 0.115. The number of hydrogen-bond acceptors (Lipinski definition) is 3. The number of nitrogens with two attached hydrogens (primary N) is 1. The van der Waals surface area contributed by atoms with Gasteiger partial charge in [-0.1, -0.05) is 18.2 Å². The Labute approximate surface area is 117 Å². The molecule has 2 aromatic rings. The van der Waals surface area contributed by atoms with Crippen LogP contribution in [0.1, 0.15) is 0 Å². The summed E-state index contributed by atoms with van der Waals surface area (Å²) in [5, 5.41) is 0. The van der Waals surface area contributed by atoms with Gasteiger partial charge in [-0.3, -0.25) is 0 Å². The largest absolute Gasteiger partial charge is 0.487 e. The van der Waals surface area contributed by atoms with E-state index in [9.17, 15) is 4.39 Å². The molecule has 3 nitrogen and oxygen atoms in total. The van der Waals surface area contributed by atoms with Crippen LogP contribution in [0.3, 0.4) is 0 Å². The smallest absolute Gasteiger partial charge is 0.139 e. The molecule has 0 saturated heterocycles. The Balaban J connectivity index is 1.91. The number of halogens is 1. The van der Waals surface area contributed by atoms with E-state index in [4.69, 9.17) is 15.2 Å². The molecule has 0 heterocycles. The third-order valence-electron chi connectivity index (χ3n) is 2.52. The zero-order valence-electron chi connectivity index (χ0n) is 11.0. The Hall–Kier alpha value is -2.33. The van der Waals surface area contributed by atoms with Gasteiger partial charge in [-0.05, 0) is 42.5 Å². The van der Waals surface area contributed by atoms with Crippen molar-refractivity contribution in [3.63, 3.8) is 0 Å². The molecule has 0 aliphatic heterocycles. The third kappa shape index (κ3) is 4.40. The molecule has 0 amide bonds. The highest BCUT2D eigenvalue weighted by Gasteiger charge is 2.00. The van der Waals surface area contributed by atoms with E-state index in [1.54, 1.807) is 24.3 Å². The summed E-state index contributed by atoms with van der Waals surface area (Å²) in [6.45, 7) is 0.0507. The minimum atomic E-state index is -0.378. The second-order valence-corrected chi connectivity index (χ2v) is 4.06. The monoisotopic (exact) mass is 273 g/mol. The molecule has 4 heteroatoms. The number of benzene rings is 2. The lowest BCUT2D eigenvalue weighted by atomic mass is 10.3. The molecule has 0 aliphatic carbocycles. The topological polar surface area (TPSA) is 44.5 Å². The molecule has 0 aromatic heterocycles. The predicted octanol–water partition coefficient (Wildman–Crippen LogP) is 3.67. The summed E-state index contributed by atoms with van der Waals surface area (Å²) in [6.07, 6.45) is 1.28. The van der Waals surface area contributed by atoms with Crippen LogP contribution >= 0.6 is 0 Å². The van der Waals surface area contributed by atoms with E-state index < -0.39 is 0 Å². The highest BCUT2D eigenvalue weighted by atomic mass is 19.1. The summed E-state index contributed by atoms with van der Waals surface area (Å²) in [4.78, 5) is 0. The van der Waals surface area contributed by atoms with Crippen molar-refractivity contribution in [1.29, 1.82) is 0 Å². The Morgan fingerprint density at radius 1 is 0.950 bits per heavy atom. The summed E-state index contributed by atoms with van der Waals surface area (Å²) >= 11 is 0. The maximum absolute atomic E-state index is 13.1. The quantitative estimate of drug-likeness (QED) is 0.873. The van der Waals surface area contributed by atoms with Gasteiger partial charge in [0, 0.05) is 6.54 Å². The Bertz CT molecular complexity index is 552. The van der Waals surface area contributed by atoms with Crippen LogP contribution < -0.4 is 15.2 Å². The average molecular weight is 273 g/mol. The molecule has 2 rings (SSSR count). The van der Waals surface area contributed by atoms with E-state index in [0.29, 0.717) is 11.5 Å². The standard InChI is InChI=1S/C16H16FNO2/c17-13(10-11-18)12-19-14-6-8-16(9-7-14)20-15-4-2-1-3-5-15/h1-10H,11-12,18H2/b13-10+. The predicted molar refractivity (Wildman–Crippen MR) is 76.7 cm³/mol. The summed E-state index contributed by atoms with van der Waals surface area (Å²) in [5.74, 6) is 1.66. The van der Waals surface area contributed by atoms with Crippen LogP contribution in [0.25, 0.3) is 0 Å². The van der Waals surface area contributed by atoms with Crippen molar-refractivity contribution >= 4 is 0 Å². The van der Waals surface area contributed by atoms with Crippen molar-refractivity contribution in [2.75, 3.05) is 13.2 Å². The van der Waals surface area contributed by atoms with Crippen molar-refractivity contribution in [1.82, 2.24) is 0 Å². The molecule has 2 N–H and O–H groups in total. The van der Waals surface area contributed by atoms with Gasteiger partial charge in [-0.25, -0.2) is 4.39 Å². The van der Waals surface area contributed by atoms with Crippen LogP contribution in [0.2, 0.25) is 0 Å². The number of para-hydroxylation sites is 1. The molecule has 0 radical (unpaired) electrons. The van der Waals surface area contributed by atoms with Crippen molar-refractivity contribution in [3.05, 3.63) is 66.5 Å². The van der Waals surface area contributed by atoms with Gasteiger partial charge in [0.25, 0.3) is 0 Å². The molecule has 0 atom stereocenters. The van der Waals surface area contributed by atoms with Crippen LogP contribution in [-0.4, -0.2) is 13.2 Å². The van der Waals surface area contributed by atoms with Gasteiger partial charge in [0.05, 0.1) is 0 Å². The lowest BCUT2D eigenvalue weighted by Crippen LogP contribution is -2.01. The zero-order valence-corrected chi connectivity index (χ0v) is 11.0. The van der Waals surface area contributed by atoms with Gasteiger partial charge in [0.2, 0.25) is 0 Å². The van der Waals surface area contributed by atoms with Crippen molar-refractivity contribution in [2.45, 2.75) is 0 Å². The van der Waals surface area contributed by atoms with Crippen molar-refractivity contribution in [2.24, 2.45) is 5.73 Å². The first-order valence-electron chi connectivity index (χ1n) is 6.28. The van der Waals surface area contributed by atoms with E-state index >= 15 is 0 Å². The molecule has 104 valence electrons. The first-order valence-corrected chi connectivity index (χ1v) is 6.28. The van der Waals surface area contributed by atoms with E-state index in [0.717, 1.165) is 5.75 Å². The highest BCUT2D eigenvalue weighted by Crippen LogP contribution is 2.23. The van der Waals surface area contributed by atoms with Crippen LogP contribution in [0, 0.1) is 0 Å². The minimum Gasteiger partial charge on any atom is -0.487 e. The Morgan fingerprint density at radius 2 is 1.55 bits per heavy atom. The van der Waals surface area contributed by atoms with Crippen LogP contribution in [0.15, 0.2) is 66.5 Å². The SMILES string of the molecule is NC/C=C(/F)COc1ccc(Oc2ccccc2)cc1. The molecule has 0 bridgehead atoms. The molecule has 20 heavy (non-hydrogen) atoms. The molecule has 0 aliphatic rings. The molecule has 0 fully saturated rings. The van der Waals surface area contributed by atoms with Crippen LogP contribution in [0.4, 0.5) is 4.39 Å². The second-order valence-electron chi connectivity index (χ2n) is 4.06. The fourth-order valence-electron chi connectivity index (χ4n) is 1.57. The van der Waals surface area contributed by atoms with E-state index in [2.05, 4.69) is 0 Å². The van der Waals surface area contributed by atoms with E-state index in [-0.39, 0.29) is 19.0 Å². The van der Waals surface area contributed by atoms with Gasteiger partial charge in [0.1, 0.15) is 29.7 Å². The Kier molecular flexibility index (Phi) is 5.15. The van der Waals surface area contributed by atoms with Gasteiger partial charge < -0.3 is 15.2 Å². The first kappa shape index (κ1) is 14.1. The lowest BCUT2D eigenvalue weighted by Gasteiger charge is -2.07. The normalized spacial score (nSPS) is 11.2. The third-order valence-corrected chi connectivity index (χ3v) is 2.52. The number of ether oxygens (including phenoxy) is 2. The average Bonchev–Trinajstić information content (AvgIpc) is 2.48. The first-order chi connectivity index (χ1) is 9.78. The molecule has 0 saturated carbocycles. The maximum Gasteiger partial charge on any atom is 0.139 e. The highest BCUT2D eigenvalue weighted by molar-refractivity contribution is 5.35. The molecule has 0 spiro atoms. The fraction of sp³-hybridized carbons (Fsp3) is 0.125. The fourth-order valence-corrected chi connectivity index (χ4v) is 1.57. The van der Waals surface area contributed by atoms with E-state index in [1.165, 1.54) is 6.08 Å². The lowest BCUT2D eigenvalue weighted by molar-refractivity contribution is 0.318. The van der Waals surface area contributed by atoms with Crippen LogP contribution in [-0.2, 0) is 0 Å². The molecule has 0 unspecified atom stereocenters.